The smallest absolute Gasteiger partial charge is 0.294 e. The molecule has 0 radical (unpaired) electrons. The van der Waals surface area contributed by atoms with Crippen LogP contribution in [0.1, 0.15) is 17.3 Å². The molecule has 3 rings (SSSR count). The number of thioether (sulfide) groups is 1. The summed E-state index contributed by atoms with van der Waals surface area (Å²) in [5, 5.41) is 9.35. The Balaban J connectivity index is 1.91. The molecule has 0 amide bonds. The van der Waals surface area contributed by atoms with Gasteiger partial charge < -0.3 is 19.9 Å². The van der Waals surface area contributed by atoms with Crippen molar-refractivity contribution in [2.75, 3.05) is 26.1 Å². The van der Waals surface area contributed by atoms with E-state index in [9.17, 15) is 14.5 Å². The van der Waals surface area contributed by atoms with Crippen molar-refractivity contribution in [1.29, 1.82) is 0 Å². The van der Waals surface area contributed by atoms with Crippen LogP contribution in [0.3, 0.4) is 0 Å². The quantitative estimate of drug-likeness (QED) is 0.213. The van der Waals surface area contributed by atoms with Gasteiger partial charge >= 0.3 is 0 Å². The number of nitrogens with zero attached hydrogens (tertiary/aromatic N) is 2. The van der Waals surface area contributed by atoms with E-state index in [-0.39, 0.29) is 25.6 Å². The minimum absolute atomic E-state index is 0.0649. The fourth-order valence-electron chi connectivity index (χ4n) is 3.37. The first kappa shape index (κ1) is 22.8. The molecule has 2 aromatic carbocycles. The summed E-state index contributed by atoms with van der Waals surface area (Å²) < 4.78 is 21.0. The molecule has 7 nitrogen and oxygen atoms in total. The van der Waals surface area contributed by atoms with Gasteiger partial charge in [0.25, 0.3) is 5.09 Å². The van der Waals surface area contributed by atoms with Crippen molar-refractivity contribution in [3.63, 3.8) is 0 Å². The van der Waals surface area contributed by atoms with E-state index in [1.54, 1.807) is 23.9 Å². The molecule has 3 aromatic rings. The SMILES string of the molecule is CSc1ccc(-c2cc(C(N)COCCO[N+](=O)[O-])c(C)n2-c2ccc(F)cc2)cc1. The molecule has 0 fully saturated rings. The van der Waals surface area contributed by atoms with E-state index in [2.05, 4.69) is 17.0 Å². The van der Waals surface area contributed by atoms with E-state index in [1.165, 1.54) is 12.1 Å². The van der Waals surface area contributed by atoms with Crippen molar-refractivity contribution in [2.45, 2.75) is 17.9 Å². The first-order valence-electron chi connectivity index (χ1n) is 9.64. The van der Waals surface area contributed by atoms with Crippen LogP contribution in [-0.4, -0.2) is 35.7 Å². The zero-order chi connectivity index (χ0) is 22.4. The Bertz CT molecular complexity index is 1020. The molecule has 0 aliphatic rings. The Morgan fingerprint density at radius 3 is 2.45 bits per heavy atom. The summed E-state index contributed by atoms with van der Waals surface area (Å²) >= 11 is 1.67. The maximum Gasteiger partial charge on any atom is 0.294 e. The van der Waals surface area contributed by atoms with Crippen LogP contribution in [-0.2, 0) is 9.57 Å². The maximum absolute atomic E-state index is 13.5. The topological polar surface area (TPSA) is 92.6 Å². The van der Waals surface area contributed by atoms with E-state index in [1.807, 2.05) is 35.9 Å². The lowest BCUT2D eigenvalue weighted by atomic mass is 10.1. The summed E-state index contributed by atoms with van der Waals surface area (Å²) in [6.07, 6.45) is 2.02. The first-order chi connectivity index (χ1) is 14.9. The third-order valence-electron chi connectivity index (χ3n) is 4.88. The van der Waals surface area contributed by atoms with Crippen LogP contribution in [0.5, 0.6) is 0 Å². The highest BCUT2D eigenvalue weighted by Crippen LogP contribution is 2.33. The van der Waals surface area contributed by atoms with Crippen molar-refractivity contribution >= 4 is 11.8 Å². The van der Waals surface area contributed by atoms with Gasteiger partial charge in [0.1, 0.15) is 12.4 Å². The number of ether oxygens (including phenoxy) is 1. The number of hydrogen-bond donors (Lipinski definition) is 1. The third-order valence-corrected chi connectivity index (χ3v) is 5.62. The molecule has 1 aromatic heterocycles. The van der Waals surface area contributed by atoms with Crippen molar-refractivity contribution in [1.82, 2.24) is 4.57 Å². The molecule has 2 N–H and O–H groups in total. The minimum Gasteiger partial charge on any atom is -0.377 e. The van der Waals surface area contributed by atoms with Crippen LogP contribution < -0.4 is 5.73 Å². The largest absolute Gasteiger partial charge is 0.377 e. The van der Waals surface area contributed by atoms with Gasteiger partial charge in [0.2, 0.25) is 0 Å². The van der Waals surface area contributed by atoms with Crippen LogP contribution in [0, 0.1) is 22.9 Å². The van der Waals surface area contributed by atoms with E-state index in [4.69, 9.17) is 10.5 Å². The fourth-order valence-corrected chi connectivity index (χ4v) is 3.78. The van der Waals surface area contributed by atoms with Crippen molar-refractivity contribution in [2.24, 2.45) is 5.73 Å². The lowest BCUT2D eigenvalue weighted by Gasteiger charge is -2.15. The molecule has 0 saturated heterocycles. The van der Waals surface area contributed by atoms with Gasteiger partial charge in [0.15, 0.2) is 0 Å². The van der Waals surface area contributed by atoms with Gasteiger partial charge in [-0.3, -0.25) is 0 Å². The molecule has 1 unspecified atom stereocenters. The molecular formula is C22H24FN3O4S. The molecule has 0 aliphatic heterocycles. The van der Waals surface area contributed by atoms with E-state index in [0.29, 0.717) is 0 Å². The second-order valence-corrected chi connectivity index (χ2v) is 7.73. The summed E-state index contributed by atoms with van der Waals surface area (Å²) in [6.45, 7) is 2.05. The summed E-state index contributed by atoms with van der Waals surface area (Å²) in [4.78, 5) is 15.6. The number of rotatable bonds is 10. The second kappa shape index (κ2) is 10.4. The predicted molar refractivity (Wildman–Crippen MR) is 118 cm³/mol. The Morgan fingerprint density at radius 1 is 1.16 bits per heavy atom. The van der Waals surface area contributed by atoms with Crippen LogP contribution in [0.15, 0.2) is 59.5 Å². The zero-order valence-electron chi connectivity index (χ0n) is 17.3. The van der Waals surface area contributed by atoms with Gasteiger partial charge in [-0.25, -0.2) is 4.39 Å². The molecule has 9 heteroatoms. The van der Waals surface area contributed by atoms with Crippen LogP contribution in [0.25, 0.3) is 16.9 Å². The molecule has 0 spiro atoms. The molecule has 0 aliphatic carbocycles. The standard InChI is InChI=1S/C22H24FN3O4S/c1-15-20(21(24)14-29-11-12-30-26(27)28)13-22(16-3-9-19(31-2)10-4-16)25(15)18-7-5-17(23)6-8-18/h3-10,13,21H,11-12,14,24H2,1-2H3. The molecule has 164 valence electrons. The highest BCUT2D eigenvalue weighted by Gasteiger charge is 2.19. The third kappa shape index (κ3) is 5.63. The van der Waals surface area contributed by atoms with Gasteiger partial charge in [0, 0.05) is 16.3 Å². The number of aromatic nitrogens is 1. The normalized spacial score (nSPS) is 12.0. The summed E-state index contributed by atoms with van der Waals surface area (Å²) in [6, 6.07) is 16.1. The lowest BCUT2D eigenvalue weighted by molar-refractivity contribution is -0.758. The average molecular weight is 446 g/mol. The number of hydrogen-bond acceptors (Lipinski definition) is 6. The minimum atomic E-state index is -0.856. The number of benzene rings is 2. The number of nitrogens with two attached hydrogens (primary N) is 1. The molecule has 1 atom stereocenters. The average Bonchev–Trinajstić information content (AvgIpc) is 3.11. The summed E-state index contributed by atoms with van der Waals surface area (Å²) in [7, 11) is 0. The molecule has 1 heterocycles. The summed E-state index contributed by atoms with van der Waals surface area (Å²) in [5.74, 6) is -0.304. The maximum atomic E-state index is 13.5. The van der Waals surface area contributed by atoms with Gasteiger partial charge in [-0.1, -0.05) is 12.1 Å². The molecule has 0 bridgehead atoms. The van der Waals surface area contributed by atoms with E-state index >= 15 is 0 Å². The monoisotopic (exact) mass is 445 g/mol. The van der Waals surface area contributed by atoms with E-state index in [0.717, 1.165) is 33.1 Å². The first-order valence-corrected chi connectivity index (χ1v) is 10.9. The Labute approximate surface area is 184 Å². The van der Waals surface area contributed by atoms with Crippen LogP contribution in [0.4, 0.5) is 4.39 Å². The van der Waals surface area contributed by atoms with Gasteiger partial charge in [-0.2, -0.15) is 0 Å². The molecule has 0 saturated carbocycles. The van der Waals surface area contributed by atoms with Crippen LogP contribution in [0.2, 0.25) is 0 Å². The highest BCUT2D eigenvalue weighted by molar-refractivity contribution is 7.98. The Morgan fingerprint density at radius 2 is 1.84 bits per heavy atom. The van der Waals surface area contributed by atoms with E-state index < -0.39 is 11.1 Å². The number of halogens is 1. The van der Waals surface area contributed by atoms with Crippen molar-refractivity contribution in [3.8, 4) is 16.9 Å². The Kier molecular flexibility index (Phi) is 7.67. The second-order valence-electron chi connectivity index (χ2n) is 6.85. The van der Waals surface area contributed by atoms with Crippen molar-refractivity contribution in [3.05, 3.63) is 81.8 Å². The van der Waals surface area contributed by atoms with Gasteiger partial charge in [-0.05, 0) is 66.8 Å². The lowest BCUT2D eigenvalue weighted by Crippen LogP contribution is -2.20. The molecular weight excluding hydrogens is 421 g/mol. The Hall–Kier alpha value is -2.88. The highest BCUT2D eigenvalue weighted by atomic mass is 32.2. The zero-order valence-corrected chi connectivity index (χ0v) is 18.1. The predicted octanol–water partition coefficient (Wildman–Crippen LogP) is 4.54. The van der Waals surface area contributed by atoms with Gasteiger partial charge in [0.05, 0.1) is 24.9 Å². The van der Waals surface area contributed by atoms with Crippen molar-refractivity contribution < 1.29 is 19.1 Å². The fraction of sp³-hybridized carbons (Fsp3) is 0.273. The van der Waals surface area contributed by atoms with Crippen LogP contribution >= 0.6 is 11.8 Å². The van der Waals surface area contributed by atoms with Gasteiger partial charge in [-0.15, -0.1) is 21.9 Å². The summed E-state index contributed by atoms with van der Waals surface area (Å²) in [5.41, 5.74) is 10.9. The molecule has 31 heavy (non-hydrogen) atoms.